The molecule has 3 heteroatoms. The van der Waals surface area contributed by atoms with Crippen LogP contribution in [0.2, 0.25) is 0 Å². The average molecular weight is 210 g/mol. The van der Waals surface area contributed by atoms with Gasteiger partial charge in [-0.2, -0.15) is 0 Å². The highest BCUT2D eigenvalue weighted by atomic mass is 33.1. The van der Waals surface area contributed by atoms with E-state index in [2.05, 4.69) is 11.7 Å². The predicted octanol–water partition coefficient (Wildman–Crippen LogP) is 3.38. The molecule has 0 bridgehead atoms. The Morgan fingerprint density at radius 3 is 2.46 bits per heavy atom. The summed E-state index contributed by atoms with van der Waals surface area (Å²) in [5, 5.41) is 0. The van der Waals surface area contributed by atoms with Crippen LogP contribution in [0.4, 0.5) is 0 Å². The van der Waals surface area contributed by atoms with Gasteiger partial charge in [0.05, 0.1) is 0 Å². The van der Waals surface area contributed by atoms with Crippen LogP contribution in [0.5, 0.6) is 0 Å². The van der Waals surface area contributed by atoms with Gasteiger partial charge in [0.15, 0.2) is 5.78 Å². The van der Waals surface area contributed by atoms with Gasteiger partial charge in [-0.05, 0) is 37.3 Å². The molecule has 0 unspecified atom stereocenters. The van der Waals surface area contributed by atoms with Crippen LogP contribution in [-0.2, 0) is 0 Å². The minimum atomic E-state index is 0.0400. The first-order valence-corrected chi connectivity index (χ1v) is 5.73. The van der Waals surface area contributed by atoms with E-state index in [-0.39, 0.29) is 5.78 Å². The maximum atomic E-state index is 11.3. The summed E-state index contributed by atoms with van der Waals surface area (Å²) in [6, 6.07) is 7.38. The lowest BCUT2D eigenvalue weighted by molar-refractivity contribution is 0.104. The Morgan fingerprint density at radius 1 is 1.38 bits per heavy atom. The molecule has 13 heavy (non-hydrogen) atoms. The van der Waals surface area contributed by atoms with Crippen molar-refractivity contribution in [3.63, 3.8) is 0 Å². The summed E-state index contributed by atoms with van der Waals surface area (Å²) >= 11 is 4.06. The first kappa shape index (κ1) is 10.4. The summed E-state index contributed by atoms with van der Waals surface area (Å²) in [6.45, 7) is 1.83. The lowest BCUT2D eigenvalue weighted by atomic mass is 10.1. The molecule has 68 valence electrons. The van der Waals surface area contributed by atoms with E-state index in [9.17, 15) is 4.79 Å². The fourth-order valence-electron chi connectivity index (χ4n) is 0.928. The van der Waals surface area contributed by atoms with Gasteiger partial charge in [0.25, 0.3) is 0 Å². The third kappa shape index (κ3) is 2.94. The summed E-state index contributed by atoms with van der Waals surface area (Å²) < 4.78 is 0. The molecule has 0 N–H and O–H groups in total. The van der Waals surface area contributed by atoms with E-state index >= 15 is 0 Å². The van der Waals surface area contributed by atoms with Crippen molar-refractivity contribution in [1.82, 2.24) is 0 Å². The molecular weight excluding hydrogens is 200 g/mol. The van der Waals surface area contributed by atoms with E-state index in [1.54, 1.807) is 24.3 Å². The highest BCUT2D eigenvalue weighted by Crippen LogP contribution is 2.21. The number of rotatable bonds is 3. The Kier molecular flexibility index (Phi) is 4.12. The molecule has 0 aliphatic heterocycles. The number of allylic oxidation sites excluding steroid dienone is 2. The molecule has 1 aromatic rings. The molecule has 0 aliphatic rings. The van der Waals surface area contributed by atoms with Crippen LogP contribution in [0, 0.1) is 0 Å². The molecule has 0 spiro atoms. The second-order valence-electron chi connectivity index (χ2n) is 2.48. The highest BCUT2D eigenvalue weighted by molar-refractivity contribution is 8.68. The van der Waals surface area contributed by atoms with Crippen molar-refractivity contribution < 1.29 is 4.79 Å². The molecule has 0 aliphatic carbocycles. The predicted molar refractivity (Wildman–Crippen MR) is 60.4 cm³/mol. The minimum Gasteiger partial charge on any atom is -0.289 e. The lowest BCUT2D eigenvalue weighted by Gasteiger charge is -1.97. The lowest BCUT2D eigenvalue weighted by Crippen LogP contribution is -1.92. The number of hydrogen-bond donors (Lipinski definition) is 1. The van der Waals surface area contributed by atoms with Crippen molar-refractivity contribution in [1.29, 1.82) is 0 Å². The molecule has 0 heterocycles. The van der Waals surface area contributed by atoms with Crippen molar-refractivity contribution in [3.05, 3.63) is 42.0 Å². The van der Waals surface area contributed by atoms with Gasteiger partial charge < -0.3 is 0 Å². The van der Waals surface area contributed by atoms with Crippen molar-refractivity contribution in [2.45, 2.75) is 11.8 Å². The van der Waals surface area contributed by atoms with E-state index in [1.807, 2.05) is 19.1 Å². The van der Waals surface area contributed by atoms with Crippen LogP contribution in [0.25, 0.3) is 0 Å². The number of thiol groups is 1. The molecular formula is C10H10OS2. The molecule has 0 saturated heterocycles. The summed E-state index contributed by atoms with van der Waals surface area (Å²) in [4.78, 5) is 12.4. The number of ketones is 1. The SMILES string of the molecule is CC=CC(=O)c1ccc(SS)cc1. The zero-order valence-corrected chi connectivity index (χ0v) is 8.94. The smallest absolute Gasteiger partial charge is 0.185 e. The van der Waals surface area contributed by atoms with Crippen LogP contribution >= 0.6 is 22.5 Å². The van der Waals surface area contributed by atoms with Crippen molar-refractivity contribution in [2.24, 2.45) is 0 Å². The van der Waals surface area contributed by atoms with Crippen LogP contribution in [0.3, 0.4) is 0 Å². The Hall–Kier alpha value is -0.670. The zero-order chi connectivity index (χ0) is 9.68. The third-order valence-corrected chi connectivity index (χ3v) is 2.68. The van der Waals surface area contributed by atoms with Crippen LogP contribution in [-0.4, -0.2) is 5.78 Å². The third-order valence-electron chi connectivity index (χ3n) is 1.56. The van der Waals surface area contributed by atoms with E-state index in [4.69, 9.17) is 0 Å². The standard InChI is InChI=1S/C10H10OS2/c1-2-3-10(11)8-4-6-9(13-12)7-5-8/h2-7,12H,1H3. The molecule has 0 radical (unpaired) electrons. The van der Waals surface area contributed by atoms with Gasteiger partial charge >= 0.3 is 0 Å². The van der Waals surface area contributed by atoms with Crippen molar-refractivity contribution >= 4 is 28.2 Å². The number of benzene rings is 1. The number of carbonyl (C=O) groups is 1. The summed E-state index contributed by atoms with van der Waals surface area (Å²) in [7, 11) is 1.37. The maximum Gasteiger partial charge on any atom is 0.185 e. The fourth-order valence-corrected chi connectivity index (χ4v) is 1.55. The Labute approximate surface area is 87.0 Å². The zero-order valence-electron chi connectivity index (χ0n) is 7.23. The maximum absolute atomic E-state index is 11.3. The average Bonchev–Trinajstić information content (AvgIpc) is 2.18. The normalized spacial score (nSPS) is 10.6. The van der Waals surface area contributed by atoms with Gasteiger partial charge in [-0.25, -0.2) is 0 Å². The van der Waals surface area contributed by atoms with E-state index in [0.717, 1.165) is 4.90 Å². The van der Waals surface area contributed by atoms with Crippen LogP contribution in [0.15, 0.2) is 41.3 Å². The van der Waals surface area contributed by atoms with E-state index in [1.165, 1.54) is 10.8 Å². The second-order valence-corrected chi connectivity index (χ2v) is 3.68. The minimum absolute atomic E-state index is 0.0400. The van der Waals surface area contributed by atoms with Crippen LogP contribution in [0.1, 0.15) is 17.3 Å². The highest BCUT2D eigenvalue weighted by Gasteiger charge is 1.99. The Morgan fingerprint density at radius 2 is 2.00 bits per heavy atom. The summed E-state index contributed by atoms with van der Waals surface area (Å²) in [5.41, 5.74) is 0.712. The molecule has 0 fully saturated rings. The van der Waals surface area contributed by atoms with Gasteiger partial charge in [-0.3, -0.25) is 4.79 Å². The molecule has 0 amide bonds. The summed E-state index contributed by atoms with van der Waals surface area (Å²) in [6.07, 6.45) is 3.30. The quantitative estimate of drug-likeness (QED) is 0.356. The van der Waals surface area contributed by atoms with Crippen molar-refractivity contribution in [3.8, 4) is 0 Å². The van der Waals surface area contributed by atoms with Gasteiger partial charge in [-0.15, -0.1) is 11.7 Å². The largest absolute Gasteiger partial charge is 0.289 e. The van der Waals surface area contributed by atoms with Gasteiger partial charge in [0, 0.05) is 10.5 Å². The first-order valence-electron chi connectivity index (χ1n) is 3.86. The molecule has 1 aromatic carbocycles. The Bertz CT molecular complexity index is 314. The van der Waals surface area contributed by atoms with Gasteiger partial charge in [0.1, 0.15) is 0 Å². The molecule has 0 saturated carbocycles. The Balaban J connectivity index is 2.85. The number of carbonyl (C=O) groups excluding carboxylic acids is 1. The topological polar surface area (TPSA) is 17.1 Å². The van der Waals surface area contributed by atoms with E-state index < -0.39 is 0 Å². The van der Waals surface area contributed by atoms with E-state index in [0.29, 0.717) is 5.56 Å². The van der Waals surface area contributed by atoms with Gasteiger partial charge in [0.2, 0.25) is 0 Å². The van der Waals surface area contributed by atoms with Crippen LogP contribution < -0.4 is 0 Å². The summed E-state index contributed by atoms with van der Waals surface area (Å²) in [5.74, 6) is 0.0400. The second kappa shape index (κ2) is 5.14. The molecule has 0 atom stereocenters. The number of hydrogen-bond acceptors (Lipinski definition) is 3. The molecule has 1 rings (SSSR count). The van der Waals surface area contributed by atoms with Crippen molar-refractivity contribution in [2.75, 3.05) is 0 Å². The first-order chi connectivity index (χ1) is 6.27. The molecule has 0 aromatic heterocycles. The monoisotopic (exact) mass is 210 g/mol. The fraction of sp³-hybridized carbons (Fsp3) is 0.100. The molecule has 1 nitrogen and oxygen atoms in total. The van der Waals surface area contributed by atoms with Gasteiger partial charge in [-0.1, -0.05) is 16.9 Å².